The molecule has 3 aromatic rings. The number of benzene rings is 3. The fraction of sp³-hybridized carbons (Fsp3) is 0. The number of hydrazone groups is 1. The lowest BCUT2D eigenvalue weighted by molar-refractivity contribution is -0.384. The van der Waals surface area contributed by atoms with E-state index in [1.807, 2.05) is 0 Å². The lowest BCUT2D eigenvalue weighted by Gasteiger charge is -2.09. The first-order valence-electron chi connectivity index (χ1n) is 8.36. The Morgan fingerprint density at radius 3 is 2.47 bits per heavy atom. The Morgan fingerprint density at radius 2 is 1.80 bits per heavy atom. The molecule has 30 heavy (non-hydrogen) atoms. The molecule has 2 N–H and O–H groups in total. The maximum absolute atomic E-state index is 12.9. The average Bonchev–Trinajstić information content (AvgIpc) is 2.69. The van der Waals surface area contributed by atoms with Crippen LogP contribution in [-0.4, -0.2) is 19.6 Å². The van der Waals surface area contributed by atoms with Crippen LogP contribution in [0.25, 0.3) is 0 Å². The van der Waals surface area contributed by atoms with Crippen molar-refractivity contribution in [3.8, 4) is 0 Å². The van der Waals surface area contributed by atoms with E-state index in [0.29, 0.717) is 10.6 Å². The Hall–Kier alpha value is -3.50. The number of anilines is 2. The lowest BCUT2D eigenvalue weighted by atomic mass is 10.2. The van der Waals surface area contributed by atoms with Crippen molar-refractivity contribution in [3.05, 3.63) is 93.2 Å². The van der Waals surface area contributed by atoms with E-state index in [4.69, 9.17) is 11.6 Å². The van der Waals surface area contributed by atoms with Gasteiger partial charge in [-0.15, -0.1) is 0 Å². The van der Waals surface area contributed by atoms with Crippen LogP contribution in [0.1, 0.15) is 5.56 Å². The molecule has 0 bridgehead atoms. The van der Waals surface area contributed by atoms with E-state index in [1.165, 1.54) is 54.7 Å². The molecule has 0 saturated heterocycles. The highest BCUT2D eigenvalue weighted by atomic mass is 35.5. The zero-order chi connectivity index (χ0) is 21.7. The molecule has 0 saturated carbocycles. The first-order valence-corrected chi connectivity index (χ1v) is 10.2. The summed E-state index contributed by atoms with van der Waals surface area (Å²) < 4.78 is 40.4. The van der Waals surface area contributed by atoms with Crippen LogP contribution in [0, 0.1) is 15.9 Å². The molecule has 0 aromatic heterocycles. The Balaban J connectivity index is 1.83. The number of rotatable bonds is 7. The number of nitrogens with zero attached hydrogens (tertiary/aromatic N) is 2. The van der Waals surface area contributed by atoms with E-state index in [9.17, 15) is 22.9 Å². The maximum atomic E-state index is 12.9. The highest BCUT2D eigenvalue weighted by molar-refractivity contribution is 7.92. The zero-order valence-corrected chi connectivity index (χ0v) is 16.7. The minimum absolute atomic E-state index is 0.0138. The Bertz CT molecular complexity index is 1220. The van der Waals surface area contributed by atoms with E-state index < -0.39 is 26.5 Å². The van der Waals surface area contributed by atoms with Gasteiger partial charge in [-0.05, 0) is 48.0 Å². The number of halogens is 2. The molecule has 0 aliphatic heterocycles. The standard InChI is InChI=1S/C19H14ClFN4O4S/c20-14-2-1-3-16(10-14)24-30(28,29)17-8-9-18(19(11-17)25(26)27)23-22-12-13-4-6-15(21)7-5-13/h1-12,23-24H. The third-order valence-electron chi connectivity index (χ3n) is 3.82. The topological polar surface area (TPSA) is 114 Å². The van der Waals surface area contributed by atoms with Crippen LogP contribution >= 0.6 is 11.6 Å². The number of nitrogens with one attached hydrogen (secondary N) is 2. The molecule has 8 nitrogen and oxygen atoms in total. The van der Waals surface area contributed by atoms with Gasteiger partial charge in [0.05, 0.1) is 21.7 Å². The SMILES string of the molecule is O=[N+]([O-])c1cc(S(=O)(=O)Nc2cccc(Cl)c2)ccc1NN=Cc1ccc(F)cc1. The number of hydrogen-bond acceptors (Lipinski definition) is 6. The summed E-state index contributed by atoms with van der Waals surface area (Å²) in [5, 5.41) is 15.6. The second-order valence-electron chi connectivity index (χ2n) is 5.97. The summed E-state index contributed by atoms with van der Waals surface area (Å²) in [5.74, 6) is -0.404. The first kappa shape index (κ1) is 21.2. The molecule has 0 atom stereocenters. The van der Waals surface area contributed by atoms with E-state index in [-0.39, 0.29) is 16.3 Å². The molecule has 11 heteroatoms. The summed E-state index contributed by atoms with van der Waals surface area (Å²) in [4.78, 5) is 10.4. The number of hydrogen-bond donors (Lipinski definition) is 2. The van der Waals surface area contributed by atoms with Crippen LogP contribution in [0.2, 0.25) is 5.02 Å². The van der Waals surface area contributed by atoms with E-state index in [0.717, 1.165) is 6.07 Å². The van der Waals surface area contributed by atoms with Crippen LogP contribution in [0.15, 0.2) is 76.7 Å². The van der Waals surface area contributed by atoms with Crippen molar-refractivity contribution in [2.45, 2.75) is 4.90 Å². The fourth-order valence-corrected chi connectivity index (χ4v) is 3.67. The molecule has 3 aromatic carbocycles. The Kier molecular flexibility index (Phi) is 6.28. The van der Waals surface area contributed by atoms with Crippen molar-refractivity contribution in [2.75, 3.05) is 10.1 Å². The van der Waals surface area contributed by atoms with Crippen molar-refractivity contribution < 1.29 is 17.7 Å². The van der Waals surface area contributed by atoms with Crippen molar-refractivity contribution >= 4 is 44.9 Å². The molecule has 0 amide bonds. The van der Waals surface area contributed by atoms with Crippen LogP contribution in [0.5, 0.6) is 0 Å². The number of nitro groups is 1. The van der Waals surface area contributed by atoms with Gasteiger partial charge in [0.2, 0.25) is 0 Å². The van der Waals surface area contributed by atoms with Gasteiger partial charge in [-0.25, -0.2) is 12.8 Å². The maximum Gasteiger partial charge on any atom is 0.295 e. The van der Waals surface area contributed by atoms with Gasteiger partial charge >= 0.3 is 0 Å². The van der Waals surface area contributed by atoms with Gasteiger partial charge in [-0.3, -0.25) is 20.3 Å². The van der Waals surface area contributed by atoms with E-state index >= 15 is 0 Å². The van der Waals surface area contributed by atoms with Crippen LogP contribution < -0.4 is 10.1 Å². The van der Waals surface area contributed by atoms with Crippen molar-refractivity contribution in [1.82, 2.24) is 0 Å². The average molecular weight is 449 g/mol. The molecule has 0 aliphatic carbocycles. The second-order valence-corrected chi connectivity index (χ2v) is 8.09. The molecule has 0 radical (unpaired) electrons. The molecule has 0 unspecified atom stereocenters. The van der Waals surface area contributed by atoms with E-state index in [1.54, 1.807) is 12.1 Å². The smallest absolute Gasteiger partial charge is 0.280 e. The van der Waals surface area contributed by atoms with Crippen molar-refractivity contribution in [1.29, 1.82) is 0 Å². The normalized spacial score (nSPS) is 11.4. The third-order valence-corrected chi connectivity index (χ3v) is 5.44. The summed E-state index contributed by atoms with van der Waals surface area (Å²) in [6.45, 7) is 0. The summed E-state index contributed by atoms with van der Waals surface area (Å²) in [6, 6.07) is 14.9. The monoisotopic (exact) mass is 448 g/mol. The summed E-state index contributed by atoms with van der Waals surface area (Å²) in [7, 11) is -4.09. The highest BCUT2D eigenvalue weighted by Gasteiger charge is 2.21. The fourth-order valence-electron chi connectivity index (χ4n) is 2.42. The third kappa shape index (κ3) is 5.31. The lowest BCUT2D eigenvalue weighted by Crippen LogP contribution is -2.13. The first-order chi connectivity index (χ1) is 14.2. The zero-order valence-electron chi connectivity index (χ0n) is 15.1. The minimum atomic E-state index is -4.09. The number of nitro benzene ring substituents is 1. The van der Waals surface area contributed by atoms with Crippen LogP contribution in [0.3, 0.4) is 0 Å². The molecule has 0 heterocycles. The quantitative estimate of drug-likeness (QED) is 0.310. The summed E-state index contributed by atoms with van der Waals surface area (Å²) >= 11 is 5.84. The summed E-state index contributed by atoms with van der Waals surface area (Å²) in [5.41, 5.74) is 2.78. The second kappa shape index (κ2) is 8.89. The Morgan fingerprint density at radius 1 is 1.07 bits per heavy atom. The van der Waals surface area contributed by atoms with Gasteiger partial charge in [-0.2, -0.15) is 5.10 Å². The molecular weight excluding hydrogens is 435 g/mol. The predicted molar refractivity (Wildman–Crippen MR) is 113 cm³/mol. The van der Waals surface area contributed by atoms with Crippen molar-refractivity contribution in [2.24, 2.45) is 5.10 Å². The van der Waals surface area contributed by atoms with Gasteiger partial charge in [0.25, 0.3) is 15.7 Å². The molecular formula is C19H14ClFN4O4S. The van der Waals surface area contributed by atoms with Gasteiger partial charge in [-0.1, -0.05) is 29.8 Å². The van der Waals surface area contributed by atoms with Gasteiger partial charge in [0, 0.05) is 11.1 Å². The highest BCUT2D eigenvalue weighted by Crippen LogP contribution is 2.29. The molecule has 0 spiro atoms. The van der Waals surface area contributed by atoms with Gasteiger partial charge in [0.1, 0.15) is 11.5 Å². The van der Waals surface area contributed by atoms with Crippen LogP contribution in [0.4, 0.5) is 21.5 Å². The predicted octanol–water partition coefficient (Wildman–Crippen LogP) is 4.63. The summed E-state index contributed by atoms with van der Waals surface area (Å²) in [6.07, 6.45) is 1.34. The van der Waals surface area contributed by atoms with Gasteiger partial charge in [0.15, 0.2) is 0 Å². The molecule has 3 rings (SSSR count). The molecule has 0 fully saturated rings. The van der Waals surface area contributed by atoms with Crippen LogP contribution in [-0.2, 0) is 10.0 Å². The molecule has 0 aliphatic rings. The van der Waals surface area contributed by atoms with Gasteiger partial charge < -0.3 is 0 Å². The van der Waals surface area contributed by atoms with E-state index in [2.05, 4.69) is 15.2 Å². The number of sulfonamides is 1. The van der Waals surface area contributed by atoms with Crippen molar-refractivity contribution in [3.63, 3.8) is 0 Å². The largest absolute Gasteiger partial charge is 0.295 e. The minimum Gasteiger partial charge on any atom is -0.280 e. The molecule has 154 valence electrons. The Labute approximate surface area is 176 Å².